The second kappa shape index (κ2) is 5.77. The van der Waals surface area contributed by atoms with E-state index in [9.17, 15) is 0 Å². The highest BCUT2D eigenvalue weighted by Crippen LogP contribution is 2.33. The molecule has 1 aromatic carbocycles. The van der Waals surface area contributed by atoms with Crippen LogP contribution in [0.4, 0.5) is 0 Å². The lowest BCUT2D eigenvalue weighted by atomic mass is 10.2. The number of hydrogen-bond donors (Lipinski definition) is 1. The average Bonchev–Trinajstić information content (AvgIpc) is 3.28. The van der Waals surface area contributed by atoms with Crippen molar-refractivity contribution in [2.45, 2.75) is 0 Å². The second-order valence-electron chi connectivity index (χ2n) is 4.82. The Kier molecular flexibility index (Phi) is 3.58. The molecular weight excluding hydrogens is 352 g/mol. The molecule has 1 N–H and O–H groups in total. The van der Waals surface area contributed by atoms with Crippen molar-refractivity contribution < 1.29 is 9.47 Å². The third-order valence-electron chi connectivity index (χ3n) is 3.41. The van der Waals surface area contributed by atoms with Crippen LogP contribution in [0, 0.1) is 0 Å². The van der Waals surface area contributed by atoms with Crippen LogP contribution >= 0.6 is 22.9 Å². The first-order valence-corrected chi connectivity index (χ1v) is 8.04. The third kappa shape index (κ3) is 2.38. The third-order valence-corrected chi connectivity index (χ3v) is 4.61. The fraction of sp³-hybridized carbons (Fsp3) is 0.143. The molecule has 0 spiro atoms. The number of halogens is 1. The first kappa shape index (κ1) is 14.9. The Bertz CT molecular complexity index is 1000. The topological polar surface area (TPSA) is 90.2 Å². The van der Waals surface area contributed by atoms with Crippen molar-refractivity contribution in [1.82, 2.24) is 30.0 Å². The van der Waals surface area contributed by atoms with Crippen LogP contribution in [0.1, 0.15) is 0 Å². The van der Waals surface area contributed by atoms with Crippen LogP contribution in [-0.2, 0) is 0 Å². The van der Waals surface area contributed by atoms with Crippen LogP contribution in [0.5, 0.6) is 11.5 Å². The monoisotopic (exact) mass is 362 g/mol. The molecule has 4 aromatic rings. The Morgan fingerprint density at radius 1 is 1.12 bits per heavy atom. The summed E-state index contributed by atoms with van der Waals surface area (Å²) in [4.78, 5) is 0.646. The van der Waals surface area contributed by atoms with Gasteiger partial charge in [-0.25, -0.2) is 0 Å². The Labute approximate surface area is 145 Å². The summed E-state index contributed by atoms with van der Waals surface area (Å²) in [5, 5.41) is 20.9. The average molecular weight is 363 g/mol. The molecule has 10 heteroatoms. The number of aromatic amines is 1. The summed E-state index contributed by atoms with van der Waals surface area (Å²) in [6.07, 6.45) is 1.53. The molecule has 0 unspecified atom stereocenters. The van der Waals surface area contributed by atoms with E-state index in [1.165, 1.54) is 17.5 Å². The number of ether oxygens (including phenoxy) is 2. The summed E-state index contributed by atoms with van der Waals surface area (Å²) < 4.78 is 12.3. The molecule has 24 heavy (non-hydrogen) atoms. The van der Waals surface area contributed by atoms with Gasteiger partial charge in [0.05, 0.1) is 25.4 Å². The lowest BCUT2D eigenvalue weighted by molar-refractivity contribution is 0.394. The van der Waals surface area contributed by atoms with Crippen LogP contribution in [0.3, 0.4) is 0 Å². The maximum Gasteiger partial charge on any atom is 0.235 e. The molecule has 0 saturated carbocycles. The molecule has 0 aliphatic carbocycles. The van der Waals surface area contributed by atoms with Crippen molar-refractivity contribution in [2.75, 3.05) is 14.2 Å². The van der Waals surface area contributed by atoms with Gasteiger partial charge in [0.1, 0.15) is 17.2 Å². The molecule has 0 saturated heterocycles. The van der Waals surface area contributed by atoms with Crippen LogP contribution in [0.15, 0.2) is 24.4 Å². The summed E-state index contributed by atoms with van der Waals surface area (Å²) in [5.74, 6) is 1.90. The Morgan fingerprint density at radius 2 is 1.88 bits per heavy atom. The Morgan fingerprint density at radius 3 is 2.50 bits per heavy atom. The zero-order chi connectivity index (χ0) is 16.7. The fourth-order valence-electron chi connectivity index (χ4n) is 2.26. The Balaban J connectivity index is 1.86. The predicted molar refractivity (Wildman–Crippen MR) is 89.8 cm³/mol. The van der Waals surface area contributed by atoms with Crippen molar-refractivity contribution in [3.05, 3.63) is 29.4 Å². The van der Waals surface area contributed by atoms with Gasteiger partial charge in [-0.3, -0.25) is 5.10 Å². The molecule has 0 bridgehead atoms. The van der Waals surface area contributed by atoms with Gasteiger partial charge in [0.25, 0.3) is 0 Å². The second-order valence-corrected chi connectivity index (χ2v) is 6.18. The molecule has 0 aliphatic heterocycles. The molecule has 0 atom stereocenters. The zero-order valence-corrected chi connectivity index (χ0v) is 14.2. The number of H-pyrrole nitrogens is 1. The van der Waals surface area contributed by atoms with E-state index in [0.29, 0.717) is 38.0 Å². The molecule has 4 rings (SSSR count). The van der Waals surface area contributed by atoms with Gasteiger partial charge >= 0.3 is 0 Å². The highest BCUT2D eigenvalue weighted by atomic mass is 35.5. The van der Waals surface area contributed by atoms with E-state index in [1.54, 1.807) is 24.8 Å². The van der Waals surface area contributed by atoms with E-state index in [1.807, 2.05) is 12.1 Å². The first-order valence-electron chi connectivity index (χ1n) is 6.84. The normalized spacial score (nSPS) is 11.1. The first-order chi connectivity index (χ1) is 11.7. The van der Waals surface area contributed by atoms with Crippen molar-refractivity contribution in [3.8, 4) is 33.6 Å². The largest absolute Gasteiger partial charge is 0.497 e. The number of nitrogens with zero attached hydrogens (tertiary/aromatic N) is 5. The maximum atomic E-state index is 6.10. The maximum absolute atomic E-state index is 6.10. The number of fused-ring (bicyclic) bond motifs is 1. The van der Waals surface area contributed by atoms with Gasteiger partial charge in [-0.2, -0.15) is 14.7 Å². The molecule has 0 aliphatic rings. The summed E-state index contributed by atoms with van der Waals surface area (Å²) in [5.41, 5.74) is 1.44. The molecule has 3 heterocycles. The highest BCUT2D eigenvalue weighted by molar-refractivity contribution is 7.19. The number of nitrogens with one attached hydrogen (secondary N) is 1. The van der Waals surface area contributed by atoms with Crippen LogP contribution in [0.2, 0.25) is 5.02 Å². The van der Waals surface area contributed by atoms with Gasteiger partial charge in [0, 0.05) is 11.6 Å². The lowest BCUT2D eigenvalue weighted by Crippen LogP contribution is -1.94. The van der Waals surface area contributed by atoms with Gasteiger partial charge in [-0.1, -0.05) is 22.9 Å². The number of aromatic nitrogens is 6. The molecule has 8 nitrogen and oxygen atoms in total. The van der Waals surface area contributed by atoms with Crippen molar-refractivity contribution in [1.29, 1.82) is 0 Å². The van der Waals surface area contributed by atoms with Crippen LogP contribution in [0.25, 0.3) is 27.1 Å². The molecule has 122 valence electrons. The number of rotatable bonds is 4. The van der Waals surface area contributed by atoms with E-state index in [4.69, 9.17) is 21.1 Å². The fourth-order valence-corrected chi connectivity index (χ4v) is 3.34. The minimum Gasteiger partial charge on any atom is -0.497 e. The quantitative estimate of drug-likeness (QED) is 0.600. The van der Waals surface area contributed by atoms with Gasteiger partial charge in [-0.15, -0.1) is 10.2 Å². The molecule has 3 aromatic heterocycles. The number of hydrogen-bond acceptors (Lipinski definition) is 7. The van der Waals surface area contributed by atoms with Gasteiger partial charge < -0.3 is 9.47 Å². The Hall–Kier alpha value is -2.65. The molecular formula is C14H11ClN6O2S. The van der Waals surface area contributed by atoms with Crippen molar-refractivity contribution >= 4 is 27.9 Å². The van der Waals surface area contributed by atoms with Crippen molar-refractivity contribution in [3.63, 3.8) is 0 Å². The predicted octanol–water partition coefficient (Wildman–Crippen LogP) is 2.91. The summed E-state index contributed by atoms with van der Waals surface area (Å²) in [6, 6.07) is 5.49. The molecule has 0 amide bonds. The smallest absolute Gasteiger partial charge is 0.235 e. The van der Waals surface area contributed by atoms with Gasteiger partial charge in [0.15, 0.2) is 10.8 Å². The zero-order valence-electron chi connectivity index (χ0n) is 12.6. The number of benzene rings is 1. The SMILES string of the molecule is COc1cc(OC)cc(-c2nnc3sc(-c4[nH]ncc4Cl)nn23)c1. The number of methoxy groups -OCH3 is 2. The van der Waals surface area contributed by atoms with E-state index in [-0.39, 0.29) is 0 Å². The van der Waals surface area contributed by atoms with E-state index < -0.39 is 0 Å². The molecule has 0 fully saturated rings. The van der Waals surface area contributed by atoms with Crippen LogP contribution < -0.4 is 9.47 Å². The minimum atomic E-state index is 0.504. The summed E-state index contributed by atoms with van der Waals surface area (Å²) >= 11 is 7.46. The summed E-state index contributed by atoms with van der Waals surface area (Å²) in [6.45, 7) is 0. The highest BCUT2D eigenvalue weighted by Gasteiger charge is 2.18. The van der Waals surface area contributed by atoms with Crippen LogP contribution in [-0.4, -0.2) is 44.2 Å². The lowest BCUT2D eigenvalue weighted by Gasteiger charge is -2.06. The van der Waals surface area contributed by atoms with E-state index in [0.717, 1.165) is 5.56 Å². The van der Waals surface area contributed by atoms with Gasteiger partial charge in [-0.05, 0) is 12.1 Å². The summed E-state index contributed by atoms with van der Waals surface area (Å²) in [7, 11) is 3.19. The van der Waals surface area contributed by atoms with Gasteiger partial charge in [0.2, 0.25) is 4.96 Å². The minimum absolute atomic E-state index is 0.504. The molecule has 0 radical (unpaired) electrons. The standard InChI is InChI=1S/C14H11ClN6O2S/c1-22-8-3-7(4-9(5-8)23-2)12-18-19-14-21(12)20-13(24-14)11-10(15)6-16-17-11/h3-6H,1-2H3,(H,16,17). The van der Waals surface area contributed by atoms with Crippen molar-refractivity contribution in [2.24, 2.45) is 0 Å². The van der Waals surface area contributed by atoms with E-state index >= 15 is 0 Å². The van der Waals surface area contributed by atoms with E-state index in [2.05, 4.69) is 25.5 Å².